The molecule has 1 atom stereocenters. The van der Waals surface area contributed by atoms with Gasteiger partial charge in [0.05, 0.1) is 6.04 Å². The second-order valence-corrected chi connectivity index (χ2v) is 6.01. The van der Waals surface area contributed by atoms with E-state index in [0.717, 1.165) is 16.3 Å². The lowest BCUT2D eigenvalue weighted by Crippen LogP contribution is -2.43. The van der Waals surface area contributed by atoms with E-state index in [1.807, 2.05) is 42.5 Å². The van der Waals surface area contributed by atoms with E-state index < -0.39 is 0 Å². The van der Waals surface area contributed by atoms with Crippen molar-refractivity contribution in [3.05, 3.63) is 48.0 Å². The summed E-state index contributed by atoms with van der Waals surface area (Å²) in [6, 6.07) is 13.5. The number of urea groups is 2. The van der Waals surface area contributed by atoms with Crippen molar-refractivity contribution in [2.45, 2.75) is 6.04 Å². The van der Waals surface area contributed by atoms with Crippen LogP contribution in [0.1, 0.15) is 11.6 Å². The average molecular weight is 341 g/mol. The van der Waals surface area contributed by atoms with Gasteiger partial charge in [-0.3, -0.25) is 0 Å². The molecule has 7 nitrogen and oxygen atoms in total. The molecule has 2 aromatic rings. The van der Waals surface area contributed by atoms with Crippen molar-refractivity contribution in [1.29, 1.82) is 0 Å². The zero-order valence-corrected chi connectivity index (χ0v) is 14.0. The first-order chi connectivity index (χ1) is 12.2. The van der Waals surface area contributed by atoms with E-state index in [2.05, 4.69) is 16.0 Å². The van der Waals surface area contributed by atoms with Crippen LogP contribution >= 0.6 is 0 Å². The molecule has 4 amide bonds. The molecule has 132 valence electrons. The van der Waals surface area contributed by atoms with Gasteiger partial charge >= 0.3 is 12.1 Å². The second kappa shape index (κ2) is 7.85. The van der Waals surface area contributed by atoms with E-state index in [1.165, 1.54) is 0 Å². The lowest BCUT2D eigenvalue weighted by molar-refractivity contribution is 0.215. The molecule has 1 aliphatic heterocycles. The van der Waals surface area contributed by atoms with Crippen LogP contribution in [0.25, 0.3) is 10.8 Å². The molecule has 0 bridgehead atoms. The SMILES string of the molecule is NCC(NC(=O)NCCN1CCNC1=O)c1ccc2ccccc2c1. The summed E-state index contributed by atoms with van der Waals surface area (Å²) in [6.07, 6.45) is 0. The summed E-state index contributed by atoms with van der Waals surface area (Å²) in [6.45, 7) is 2.52. The fourth-order valence-corrected chi connectivity index (χ4v) is 2.94. The summed E-state index contributed by atoms with van der Waals surface area (Å²) in [5.74, 6) is 0. The number of rotatable bonds is 6. The van der Waals surface area contributed by atoms with E-state index in [9.17, 15) is 9.59 Å². The van der Waals surface area contributed by atoms with Gasteiger partial charge in [-0.15, -0.1) is 0 Å². The molecule has 5 N–H and O–H groups in total. The van der Waals surface area contributed by atoms with Gasteiger partial charge in [0.15, 0.2) is 0 Å². The zero-order valence-electron chi connectivity index (χ0n) is 14.0. The zero-order chi connectivity index (χ0) is 17.6. The van der Waals surface area contributed by atoms with Gasteiger partial charge < -0.3 is 26.6 Å². The Balaban J connectivity index is 1.55. The first kappa shape index (κ1) is 17.0. The molecule has 0 aromatic heterocycles. The summed E-state index contributed by atoms with van der Waals surface area (Å²) in [7, 11) is 0. The van der Waals surface area contributed by atoms with Crippen LogP contribution in [0.15, 0.2) is 42.5 Å². The Morgan fingerprint density at radius 1 is 1.24 bits per heavy atom. The lowest BCUT2D eigenvalue weighted by atomic mass is 10.0. The largest absolute Gasteiger partial charge is 0.336 e. The highest BCUT2D eigenvalue weighted by molar-refractivity contribution is 5.83. The molecule has 1 aliphatic rings. The standard InChI is InChI=1S/C18H23N5O2/c19-12-16(15-6-5-13-3-1-2-4-14(13)11-15)22-17(24)20-7-9-23-10-8-21-18(23)25/h1-6,11,16H,7-10,12,19H2,(H,21,25)(H2,20,22,24). The number of hydrogen-bond acceptors (Lipinski definition) is 3. The molecular formula is C18H23N5O2. The number of carbonyl (C=O) groups is 2. The molecule has 0 spiro atoms. The van der Waals surface area contributed by atoms with Gasteiger partial charge in [-0.1, -0.05) is 36.4 Å². The van der Waals surface area contributed by atoms with Crippen molar-refractivity contribution in [3.63, 3.8) is 0 Å². The second-order valence-electron chi connectivity index (χ2n) is 6.01. The van der Waals surface area contributed by atoms with Crippen LogP contribution in [-0.2, 0) is 0 Å². The van der Waals surface area contributed by atoms with Gasteiger partial charge in [0, 0.05) is 32.7 Å². The summed E-state index contributed by atoms with van der Waals surface area (Å²) in [5.41, 5.74) is 6.81. The number of nitrogens with two attached hydrogens (primary N) is 1. The average Bonchev–Trinajstić information content (AvgIpc) is 3.04. The van der Waals surface area contributed by atoms with Gasteiger partial charge in [0.1, 0.15) is 0 Å². The molecule has 3 rings (SSSR count). The first-order valence-electron chi connectivity index (χ1n) is 8.43. The molecule has 2 aromatic carbocycles. The molecular weight excluding hydrogens is 318 g/mol. The monoisotopic (exact) mass is 341 g/mol. The van der Waals surface area contributed by atoms with E-state index in [4.69, 9.17) is 5.73 Å². The Morgan fingerprint density at radius 3 is 2.76 bits per heavy atom. The van der Waals surface area contributed by atoms with Crippen molar-refractivity contribution in [1.82, 2.24) is 20.9 Å². The van der Waals surface area contributed by atoms with Gasteiger partial charge in [0.25, 0.3) is 0 Å². The summed E-state index contributed by atoms with van der Waals surface area (Å²) in [5, 5.41) is 10.7. The smallest absolute Gasteiger partial charge is 0.317 e. The summed E-state index contributed by atoms with van der Waals surface area (Å²) >= 11 is 0. The van der Waals surface area contributed by atoms with Crippen LogP contribution < -0.4 is 21.7 Å². The molecule has 0 radical (unpaired) electrons. The Morgan fingerprint density at radius 2 is 2.04 bits per heavy atom. The first-order valence-corrected chi connectivity index (χ1v) is 8.43. The summed E-state index contributed by atoms with van der Waals surface area (Å²) < 4.78 is 0. The Labute approximate surface area is 146 Å². The third kappa shape index (κ3) is 4.19. The maximum absolute atomic E-state index is 12.1. The van der Waals surface area contributed by atoms with E-state index in [0.29, 0.717) is 32.7 Å². The van der Waals surface area contributed by atoms with E-state index >= 15 is 0 Å². The summed E-state index contributed by atoms with van der Waals surface area (Å²) in [4.78, 5) is 25.2. The van der Waals surface area contributed by atoms with Crippen LogP contribution in [-0.4, -0.2) is 49.7 Å². The van der Waals surface area contributed by atoms with Gasteiger partial charge in [0.2, 0.25) is 0 Å². The normalized spacial score (nSPS) is 15.1. The molecule has 25 heavy (non-hydrogen) atoms. The van der Waals surface area contributed by atoms with Crippen molar-refractivity contribution in [3.8, 4) is 0 Å². The van der Waals surface area contributed by atoms with Crippen LogP contribution in [0.5, 0.6) is 0 Å². The highest BCUT2D eigenvalue weighted by Gasteiger charge is 2.19. The van der Waals surface area contributed by atoms with Crippen LogP contribution in [0.2, 0.25) is 0 Å². The van der Waals surface area contributed by atoms with Crippen molar-refractivity contribution in [2.24, 2.45) is 5.73 Å². The predicted molar refractivity (Wildman–Crippen MR) is 97.2 cm³/mol. The highest BCUT2D eigenvalue weighted by atomic mass is 16.2. The maximum Gasteiger partial charge on any atom is 0.317 e. The third-order valence-electron chi connectivity index (χ3n) is 4.33. The Hall–Kier alpha value is -2.80. The fourth-order valence-electron chi connectivity index (χ4n) is 2.94. The van der Waals surface area contributed by atoms with Gasteiger partial charge in [-0.05, 0) is 22.4 Å². The van der Waals surface area contributed by atoms with Crippen molar-refractivity contribution < 1.29 is 9.59 Å². The Bertz CT molecular complexity index is 764. The van der Waals surface area contributed by atoms with Gasteiger partial charge in [-0.2, -0.15) is 0 Å². The minimum absolute atomic E-state index is 0.0850. The van der Waals surface area contributed by atoms with Crippen LogP contribution in [0, 0.1) is 0 Å². The van der Waals surface area contributed by atoms with E-state index in [-0.39, 0.29) is 18.1 Å². The fraction of sp³-hybridized carbons (Fsp3) is 0.333. The number of carbonyl (C=O) groups excluding carboxylic acids is 2. The van der Waals surface area contributed by atoms with Crippen molar-refractivity contribution in [2.75, 3.05) is 32.7 Å². The van der Waals surface area contributed by atoms with Gasteiger partial charge in [-0.25, -0.2) is 9.59 Å². The number of nitrogens with zero attached hydrogens (tertiary/aromatic N) is 1. The highest BCUT2D eigenvalue weighted by Crippen LogP contribution is 2.20. The molecule has 1 unspecified atom stereocenters. The van der Waals surface area contributed by atoms with E-state index in [1.54, 1.807) is 4.90 Å². The maximum atomic E-state index is 12.1. The van der Waals surface area contributed by atoms with Crippen molar-refractivity contribution >= 4 is 22.8 Å². The molecule has 0 aliphatic carbocycles. The predicted octanol–water partition coefficient (Wildman–Crippen LogP) is 1.16. The molecule has 1 saturated heterocycles. The number of amides is 4. The third-order valence-corrected chi connectivity index (χ3v) is 4.33. The molecule has 0 saturated carbocycles. The number of hydrogen-bond donors (Lipinski definition) is 4. The number of nitrogens with one attached hydrogen (secondary N) is 3. The number of fused-ring (bicyclic) bond motifs is 1. The molecule has 7 heteroatoms. The van der Waals surface area contributed by atoms with Crippen LogP contribution in [0.4, 0.5) is 9.59 Å². The Kier molecular flexibility index (Phi) is 5.35. The minimum Gasteiger partial charge on any atom is -0.336 e. The topological polar surface area (TPSA) is 99.5 Å². The van der Waals surface area contributed by atoms with Crippen LogP contribution in [0.3, 0.4) is 0 Å². The molecule has 1 heterocycles. The lowest BCUT2D eigenvalue weighted by Gasteiger charge is -2.19. The minimum atomic E-state index is -0.289. The quantitative estimate of drug-likeness (QED) is 0.634. The molecule has 1 fully saturated rings. The number of benzene rings is 2.